The third-order valence-corrected chi connectivity index (χ3v) is 1.46. The number of aromatic nitrogens is 3. The highest BCUT2D eigenvalue weighted by atomic mass is 15.3. The minimum absolute atomic E-state index is 1.00. The summed E-state index contributed by atoms with van der Waals surface area (Å²) in [4.78, 5) is 0. The number of hydrogen-bond acceptors (Lipinski definition) is 2. The maximum Gasteiger partial charge on any atom is 0.108 e. The van der Waals surface area contributed by atoms with Crippen LogP contribution in [0.1, 0.15) is 12.8 Å². The quantitative estimate of drug-likeness (QED) is 0.486. The Bertz CT molecular complexity index is 279. The highest BCUT2D eigenvalue weighted by Crippen LogP contribution is 1.91. The summed E-state index contributed by atoms with van der Waals surface area (Å²) >= 11 is 0. The lowest BCUT2D eigenvalue weighted by molar-refractivity contribution is 0.925. The molecule has 1 aromatic heterocycles. The Morgan fingerprint density at radius 1 is 1.33 bits per heavy atom. The molecule has 1 aromatic rings. The van der Waals surface area contributed by atoms with Gasteiger partial charge < -0.3 is 0 Å². The summed E-state index contributed by atoms with van der Waals surface area (Å²) < 4.78 is 0. The monoisotopic (exact) mass is 121 g/mol. The molecule has 0 fully saturated rings. The zero-order valence-corrected chi connectivity index (χ0v) is 4.96. The summed E-state index contributed by atoms with van der Waals surface area (Å²) in [5.41, 5.74) is 0. The Balaban J connectivity index is 2.89. The van der Waals surface area contributed by atoms with Gasteiger partial charge in [-0.05, 0) is 12.8 Å². The van der Waals surface area contributed by atoms with E-state index in [1.54, 1.807) is 0 Å². The van der Waals surface area contributed by atoms with Crippen LogP contribution in [-0.2, 0) is 0 Å². The Hall–Kier alpha value is -1.12. The Kier molecular flexibility index (Phi) is 0.886. The number of hydrogen-bond donors (Lipinski definition) is 1. The van der Waals surface area contributed by atoms with E-state index in [0.29, 0.717) is 0 Å². The van der Waals surface area contributed by atoms with Gasteiger partial charge in [0.1, 0.15) is 5.35 Å². The molecule has 0 radical (unpaired) electrons. The van der Waals surface area contributed by atoms with E-state index >= 15 is 0 Å². The third-order valence-electron chi connectivity index (χ3n) is 1.46. The van der Waals surface area contributed by atoms with E-state index in [2.05, 4.69) is 27.6 Å². The molecule has 0 saturated heterocycles. The molecule has 2 rings (SSSR count). The Labute approximate surface area is 52.1 Å². The highest BCUT2D eigenvalue weighted by molar-refractivity contribution is 5.31. The second-order valence-electron chi connectivity index (χ2n) is 2.10. The highest BCUT2D eigenvalue weighted by Gasteiger charge is 1.92. The molecule has 0 saturated carbocycles. The third kappa shape index (κ3) is 0.650. The minimum atomic E-state index is 1.00. The summed E-state index contributed by atoms with van der Waals surface area (Å²) in [6.45, 7) is 0. The van der Waals surface area contributed by atoms with Crippen molar-refractivity contribution < 1.29 is 0 Å². The fraction of sp³-hybridized carbons (Fsp3) is 0.333. The SMILES string of the molecule is C1=c2nn[nH]c2=CCC1. The summed E-state index contributed by atoms with van der Waals surface area (Å²) in [5.74, 6) is 0. The van der Waals surface area contributed by atoms with Crippen LogP contribution in [0.4, 0.5) is 0 Å². The van der Waals surface area contributed by atoms with E-state index in [9.17, 15) is 0 Å². The van der Waals surface area contributed by atoms with Crippen LogP contribution >= 0.6 is 0 Å². The number of aromatic amines is 1. The summed E-state index contributed by atoms with van der Waals surface area (Å²) in [6.07, 6.45) is 6.42. The molecule has 0 bridgehead atoms. The zero-order valence-electron chi connectivity index (χ0n) is 4.96. The van der Waals surface area contributed by atoms with Gasteiger partial charge in [0.25, 0.3) is 0 Å². The first kappa shape index (κ1) is 4.73. The van der Waals surface area contributed by atoms with E-state index < -0.39 is 0 Å². The normalized spacial score (nSPS) is 15.6. The fourth-order valence-electron chi connectivity index (χ4n) is 0.993. The number of fused-ring (bicyclic) bond motifs is 1. The van der Waals surface area contributed by atoms with Crippen LogP contribution in [0.3, 0.4) is 0 Å². The average molecular weight is 121 g/mol. The lowest BCUT2D eigenvalue weighted by Crippen LogP contribution is -2.26. The molecule has 0 spiro atoms. The predicted molar refractivity (Wildman–Crippen MR) is 33.8 cm³/mol. The van der Waals surface area contributed by atoms with Crippen molar-refractivity contribution in [2.24, 2.45) is 0 Å². The van der Waals surface area contributed by atoms with Crippen molar-refractivity contribution in [1.29, 1.82) is 0 Å². The zero-order chi connectivity index (χ0) is 6.10. The average Bonchev–Trinajstić information content (AvgIpc) is 2.33. The van der Waals surface area contributed by atoms with E-state index in [0.717, 1.165) is 23.5 Å². The molecule has 3 nitrogen and oxygen atoms in total. The largest absolute Gasteiger partial charge is 0.258 e. The molecule has 0 amide bonds. The summed E-state index contributed by atoms with van der Waals surface area (Å²) in [5, 5.41) is 12.4. The maximum absolute atomic E-state index is 3.86. The summed E-state index contributed by atoms with van der Waals surface area (Å²) in [6, 6.07) is 0. The fourth-order valence-corrected chi connectivity index (χ4v) is 0.993. The molecule has 0 unspecified atom stereocenters. The van der Waals surface area contributed by atoms with Crippen LogP contribution in [0, 0.1) is 0 Å². The second-order valence-corrected chi connectivity index (χ2v) is 2.10. The minimum Gasteiger partial charge on any atom is -0.258 e. The van der Waals surface area contributed by atoms with Crippen LogP contribution < -0.4 is 10.7 Å². The number of H-pyrrole nitrogens is 1. The van der Waals surface area contributed by atoms with E-state index in [-0.39, 0.29) is 0 Å². The van der Waals surface area contributed by atoms with Gasteiger partial charge in [0.2, 0.25) is 0 Å². The number of nitrogens with zero attached hydrogens (tertiary/aromatic N) is 2. The molecule has 1 heterocycles. The second kappa shape index (κ2) is 1.69. The van der Waals surface area contributed by atoms with Gasteiger partial charge in [-0.3, -0.25) is 5.10 Å². The van der Waals surface area contributed by atoms with E-state index in [4.69, 9.17) is 0 Å². The van der Waals surface area contributed by atoms with Gasteiger partial charge in [-0.1, -0.05) is 17.4 Å². The number of rotatable bonds is 0. The van der Waals surface area contributed by atoms with Gasteiger partial charge in [0.05, 0.1) is 5.35 Å². The first-order chi connectivity index (χ1) is 4.47. The molecule has 9 heavy (non-hydrogen) atoms. The maximum atomic E-state index is 3.86. The van der Waals surface area contributed by atoms with Crippen molar-refractivity contribution in [3.05, 3.63) is 10.7 Å². The standard InChI is InChI=1S/C6H7N3/c1-2-4-6-5(3-1)7-9-8-6/h3-4H,1-2H2,(H,7,8). The van der Waals surface area contributed by atoms with E-state index in [1.807, 2.05) is 0 Å². The molecule has 1 N–H and O–H groups in total. The molecular weight excluding hydrogens is 114 g/mol. The molecule has 1 aliphatic carbocycles. The van der Waals surface area contributed by atoms with Crippen molar-refractivity contribution >= 4 is 12.2 Å². The summed E-state index contributed by atoms with van der Waals surface area (Å²) in [7, 11) is 0. The van der Waals surface area contributed by atoms with Crippen molar-refractivity contribution in [1.82, 2.24) is 15.4 Å². The molecule has 0 aromatic carbocycles. The molecule has 0 aliphatic heterocycles. The van der Waals surface area contributed by atoms with Gasteiger partial charge in [-0.2, -0.15) is 0 Å². The van der Waals surface area contributed by atoms with Crippen LogP contribution in [0.25, 0.3) is 12.2 Å². The van der Waals surface area contributed by atoms with Crippen molar-refractivity contribution in [2.45, 2.75) is 12.8 Å². The van der Waals surface area contributed by atoms with Crippen molar-refractivity contribution in [3.63, 3.8) is 0 Å². The van der Waals surface area contributed by atoms with Gasteiger partial charge in [0.15, 0.2) is 0 Å². The topological polar surface area (TPSA) is 41.6 Å². The van der Waals surface area contributed by atoms with Crippen molar-refractivity contribution in [3.8, 4) is 0 Å². The van der Waals surface area contributed by atoms with Gasteiger partial charge in [0, 0.05) is 0 Å². The first-order valence-electron chi connectivity index (χ1n) is 3.04. The predicted octanol–water partition coefficient (Wildman–Crippen LogP) is -0.841. The van der Waals surface area contributed by atoms with Gasteiger partial charge >= 0.3 is 0 Å². The van der Waals surface area contributed by atoms with Crippen LogP contribution in [0.5, 0.6) is 0 Å². The smallest absolute Gasteiger partial charge is 0.108 e. The van der Waals surface area contributed by atoms with Gasteiger partial charge in [-0.15, -0.1) is 5.10 Å². The number of nitrogens with one attached hydrogen (secondary N) is 1. The molecule has 3 heteroatoms. The lowest BCUT2D eigenvalue weighted by atomic mass is 10.2. The molecule has 1 aliphatic rings. The first-order valence-corrected chi connectivity index (χ1v) is 3.04. The van der Waals surface area contributed by atoms with Crippen LogP contribution in [0.15, 0.2) is 0 Å². The van der Waals surface area contributed by atoms with Gasteiger partial charge in [-0.25, -0.2) is 0 Å². The van der Waals surface area contributed by atoms with Crippen LogP contribution in [0.2, 0.25) is 0 Å². The Morgan fingerprint density at radius 2 is 2.22 bits per heavy atom. The Morgan fingerprint density at radius 3 is 3.11 bits per heavy atom. The van der Waals surface area contributed by atoms with Crippen LogP contribution in [-0.4, -0.2) is 15.4 Å². The molecule has 46 valence electrons. The molecule has 0 atom stereocenters. The van der Waals surface area contributed by atoms with Crippen molar-refractivity contribution in [2.75, 3.05) is 0 Å². The molecular formula is C6H7N3. The lowest BCUT2D eigenvalue weighted by Gasteiger charge is -1.88. The van der Waals surface area contributed by atoms with E-state index in [1.165, 1.54) is 0 Å².